The molecule has 0 aromatic heterocycles. The lowest BCUT2D eigenvalue weighted by molar-refractivity contribution is -0.137. The summed E-state index contributed by atoms with van der Waals surface area (Å²) >= 11 is 2.18. The zero-order valence-corrected chi connectivity index (χ0v) is 16.4. The average Bonchev–Trinajstić information content (AvgIpc) is 2.66. The quantitative estimate of drug-likeness (QED) is 0.268. The van der Waals surface area contributed by atoms with Crippen LogP contribution in [-0.2, 0) is 14.3 Å². The van der Waals surface area contributed by atoms with Crippen LogP contribution in [0.3, 0.4) is 0 Å². The molecule has 0 atom stereocenters. The lowest BCUT2D eigenvalue weighted by Crippen LogP contribution is -2.18. The van der Waals surface area contributed by atoms with Crippen molar-refractivity contribution in [3.63, 3.8) is 0 Å². The molecule has 26 heavy (non-hydrogen) atoms. The van der Waals surface area contributed by atoms with Crippen LogP contribution in [0.15, 0.2) is 48.5 Å². The Balaban J connectivity index is 1.99. The van der Waals surface area contributed by atoms with Crippen LogP contribution in [0, 0.1) is 3.57 Å². The Labute approximate surface area is 164 Å². The summed E-state index contributed by atoms with van der Waals surface area (Å²) in [7, 11) is 2.76. The number of hydrogen-bond acceptors (Lipinski definition) is 6. The molecule has 0 amide bonds. The minimum absolute atomic E-state index is 0.228. The van der Waals surface area contributed by atoms with Gasteiger partial charge in [0.15, 0.2) is 18.1 Å². The second kappa shape index (κ2) is 9.81. The van der Waals surface area contributed by atoms with Gasteiger partial charge in [0.1, 0.15) is 5.75 Å². The van der Waals surface area contributed by atoms with E-state index in [4.69, 9.17) is 14.2 Å². The molecule has 0 saturated heterocycles. The number of halogens is 1. The molecular weight excluding hydrogens is 451 g/mol. The highest BCUT2D eigenvalue weighted by molar-refractivity contribution is 14.1. The van der Waals surface area contributed by atoms with E-state index in [1.54, 1.807) is 36.4 Å². The van der Waals surface area contributed by atoms with Crippen LogP contribution >= 0.6 is 22.6 Å². The van der Waals surface area contributed by atoms with Gasteiger partial charge in [-0.2, -0.15) is 0 Å². The van der Waals surface area contributed by atoms with Crippen molar-refractivity contribution >= 4 is 40.6 Å². The zero-order valence-electron chi connectivity index (χ0n) is 14.2. The standard InChI is InChI=1S/C19H17IO6/c1-23-17-11-13(4-10-18(21)24-2)3-9-16(17)26-19(22)12-25-15-7-5-14(20)6-8-15/h3-11H,12H2,1-2H3/b10-4+. The van der Waals surface area contributed by atoms with E-state index in [0.717, 1.165) is 3.57 Å². The summed E-state index contributed by atoms with van der Waals surface area (Å²) in [5.74, 6) is 0.183. The fraction of sp³-hybridized carbons (Fsp3) is 0.158. The monoisotopic (exact) mass is 468 g/mol. The first-order chi connectivity index (χ1) is 12.5. The van der Waals surface area contributed by atoms with Crippen molar-refractivity contribution in [3.05, 3.63) is 57.7 Å². The van der Waals surface area contributed by atoms with E-state index in [-0.39, 0.29) is 12.4 Å². The van der Waals surface area contributed by atoms with Gasteiger partial charge in [-0.05, 0) is 70.6 Å². The van der Waals surface area contributed by atoms with Crippen molar-refractivity contribution in [2.45, 2.75) is 0 Å². The molecule has 0 saturated carbocycles. The number of benzene rings is 2. The Kier molecular flexibility index (Phi) is 7.46. The number of methoxy groups -OCH3 is 2. The van der Waals surface area contributed by atoms with Gasteiger partial charge in [0, 0.05) is 9.65 Å². The summed E-state index contributed by atoms with van der Waals surface area (Å²) in [5, 5.41) is 0. The lowest BCUT2D eigenvalue weighted by atomic mass is 10.2. The molecule has 0 fully saturated rings. The minimum atomic E-state index is -0.556. The Hall–Kier alpha value is -2.55. The predicted octanol–water partition coefficient (Wildman–Crippen LogP) is 3.47. The van der Waals surface area contributed by atoms with Crippen molar-refractivity contribution in [1.29, 1.82) is 0 Å². The van der Waals surface area contributed by atoms with E-state index in [0.29, 0.717) is 17.1 Å². The first-order valence-corrected chi connectivity index (χ1v) is 8.63. The molecule has 0 aliphatic carbocycles. The number of esters is 2. The maximum Gasteiger partial charge on any atom is 0.349 e. The number of carbonyl (C=O) groups is 2. The van der Waals surface area contributed by atoms with Gasteiger partial charge in [-0.3, -0.25) is 0 Å². The number of hydrogen-bond donors (Lipinski definition) is 0. The summed E-state index contributed by atoms with van der Waals surface area (Å²) in [6.07, 6.45) is 2.86. The highest BCUT2D eigenvalue weighted by atomic mass is 127. The SMILES string of the molecule is COC(=O)/C=C/c1ccc(OC(=O)COc2ccc(I)cc2)c(OC)c1. The molecule has 0 bridgehead atoms. The van der Waals surface area contributed by atoms with Gasteiger partial charge < -0.3 is 18.9 Å². The third kappa shape index (κ3) is 6.07. The predicted molar refractivity (Wildman–Crippen MR) is 104 cm³/mol. The largest absolute Gasteiger partial charge is 0.493 e. The second-order valence-corrected chi connectivity index (χ2v) is 6.23. The van der Waals surface area contributed by atoms with Crippen molar-refractivity contribution < 1.29 is 28.5 Å². The van der Waals surface area contributed by atoms with E-state index < -0.39 is 11.9 Å². The average molecular weight is 468 g/mol. The van der Waals surface area contributed by atoms with E-state index in [1.807, 2.05) is 12.1 Å². The number of rotatable bonds is 7. The molecule has 0 N–H and O–H groups in total. The summed E-state index contributed by atoms with van der Waals surface area (Å²) in [5.41, 5.74) is 0.696. The maximum absolute atomic E-state index is 12.0. The van der Waals surface area contributed by atoms with Gasteiger partial charge >= 0.3 is 11.9 Å². The number of ether oxygens (including phenoxy) is 4. The number of carbonyl (C=O) groups excluding carboxylic acids is 2. The van der Waals surface area contributed by atoms with E-state index in [2.05, 4.69) is 27.3 Å². The molecule has 0 radical (unpaired) electrons. The van der Waals surface area contributed by atoms with Gasteiger partial charge in [-0.25, -0.2) is 9.59 Å². The van der Waals surface area contributed by atoms with Gasteiger partial charge in [0.2, 0.25) is 0 Å². The van der Waals surface area contributed by atoms with Crippen molar-refractivity contribution in [2.24, 2.45) is 0 Å². The fourth-order valence-electron chi connectivity index (χ4n) is 1.93. The zero-order chi connectivity index (χ0) is 18.9. The van der Waals surface area contributed by atoms with E-state index in [9.17, 15) is 9.59 Å². The van der Waals surface area contributed by atoms with E-state index in [1.165, 1.54) is 20.3 Å². The molecule has 0 aliphatic heterocycles. The molecule has 0 heterocycles. The summed E-state index contributed by atoms with van der Waals surface area (Å²) in [6.45, 7) is -0.228. The molecule has 2 aromatic rings. The third-order valence-electron chi connectivity index (χ3n) is 3.19. The van der Waals surface area contributed by atoms with Crippen LogP contribution in [-0.4, -0.2) is 32.8 Å². The highest BCUT2D eigenvalue weighted by Gasteiger charge is 2.11. The summed E-state index contributed by atoms with van der Waals surface area (Å²) in [4.78, 5) is 23.1. The van der Waals surface area contributed by atoms with Gasteiger partial charge in [-0.15, -0.1) is 0 Å². The summed E-state index contributed by atoms with van der Waals surface area (Å²) < 4.78 is 21.5. The van der Waals surface area contributed by atoms with Gasteiger partial charge in [-0.1, -0.05) is 6.07 Å². The minimum Gasteiger partial charge on any atom is -0.493 e. The molecule has 0 spiro atoms. The van der Waals surface area contributed by atoms with Crippen LogP contribution < -0.4 is 14.2 Å². The third-order valence-corrected chi connectivity index (χ3v) is 3.91. The Bertz CT molecular complexity index is 798. The Morgan fingerprint density at radius 2 is 1.77 bits per heavy atom. The van der Waals surface area contributed by atoms with Gasteiger partial charge in [0.05, 0.1) is 14.2 Å². The smallest absolute Gasteiger partial charge is 0.349 e. The molecule has 2 aromatic carbocycles. The molecule has 136 valence electrons. The van der Waals surface area contributed by atoms with E-state index >= 15 is 0 Å². The van der Waals surface area contributed by atoms with Gasteiger partial charge in [0.25, 0.3) is 0 Å². The first-order valence-electron chi connectivity index (χ1n) is 7.55. The molecule has 6 nitrogen and oxygen atoms in total. The molecule has 0 unspecified atom stereocenters. The molecule has 2 rings (SSSR count). The normalized spacial score (nSPS) is 10.4. The van der Waals surface area contributed by atoms with Crippen LogP contribution in [0.1, 0.15) is 5.56 Å². The molecular formula is C19H17IO6. The van der Waals surface area contributed by atoms with Crippen molar-refractivity contribution in [2.75, 3.05) is 20.8 Å². The van der Waals surface area contributed by atoms with Crippen LogP contribution in [0.2, 0.25) is 0 Å². The molecule has 0 aliphatic rings. The molecule has 7 heteroatoms. The van der Waals surface area contributed by atoms with Crippen LogP contribution in [0.25, 0.3) is 6.08 Å². The van der Waals surface area contributed by atoms with Crippen LogP contribution in [0.5, 0.6) is 17.2 Å². The summed E-state index contributed by atoms with van der Waals surface area (Å²) in [6, 6.07) is 12.2. The Morgan fingerprint density at radius 3 is 2.42 bits per heavy atom. The topological polar surface area (TPSA) is 71.1 Å². The fourth-order valence-corrected chi connectivity index (χ4v) is 2.29. The highest BCUT2D eigenvalue weighted by Crippen LogP contribution is 2.28. The Morgan fingerprint density at radius 1 is 1.04 bits per heavy atom. The lowest BCUT2D eigenvalue weighted by Gasteiger charge is -2.10. The van der Waals surface area contributed by atoms with Crippen LogP contribution in [0.4, 0.5) is 0 Å². The second-order valence-electron chi connectivity index (χ2n) is 4.98. The first kappa shape index (κ1) is 19.8. The van der Waals surface area contributed by atoms with Crippen molar-refractivity contribution in [3.8, 4) is 17.2 Å². The van der Waals surface area contributed by atoms with Crippen molar-refractivity contribution in [1.82, 2.24) is 0 Å². The maximum atomic E-state index is 12.0.